The predicted molar refractivity (Wildman–Crippen MR) is 130 cm³/mol. The van der Waals surface area contributed by atoms with Gasteiger partial charge < -0.3 is 24.4 Å². The summed E-state index contributed by atoms with van der Waals surface area (Å²) in [5, 5.41) is 12.0. The molecular weight excluding hydrogens is 424 g/mol. The lowest BCUT2D eigenvalue weighted by molar-refractivity contribution is -0.0961. The fourth-order valence-electron chi connectivity index (χ4n) is 4.95. The molecule has 32 heavy (non-hydrogen) atoms. The van der Waals surface area contributed by atoms with E-state index in [-0.39, 0.29) is 5.60 Å². The predicted octanol–water partition coefficient (Wildman–Crippen LogP) is 4.54. The van der Waals surface area contributed by atoms with Crippen LogP contribution in [0.2, 0.25) is 5.02 Å². The lowest BCUT2D eigenvalue weighted by Crippen LogP contribution is -2.55. The van der Waals surface area contributed by atoms with E-state index >= 15 is 0 Å². The summed E-state index contributed by atoms with van der Waals surface area (Å²) in [6, 6.07) is 16.0. The summed E-state index contributed by atoms with van der Waals surface area (Å²) in [7, 11) is 1.77. The fraction of sp³-hybridized carbons (Fsp3) is 0.538. The van der Waals surface area contributed by atoms with Crippen molar-refractivity contribution in [3.63, 3.8) is 0 Å². The van der Waals surface area contributed by atoms with Crippen LogP contribution in [0.25, 0.3) is 0 Å². The summed E-state index contributed by atoms with van der Waals surface area (Å²) in [6.45, 7) is 6.97. The summed E-state index contributed by atoms with van der Waals surface area (Å²) >= 11 is 6.07. The summed E-state index contributed by atoms with van der Waals surface area (Å²) < 4.78 is 11.9. The molecule has 2 aliphatic heterocycles. The molecule has 0 amide bonds. The van der Waals surface area contributed by atoms with Crippen LogP contribution in [0.4, 0.5) is 5.69 Å². The molecule has 0 unspecified atom stereocenters. The number of methoxy groups -OCH3 is 1. The van der Waals surface area contributed by atoms with Crippen molar-refractivity contribution in [2.45, 2.75) is 43.8 Å². The molecule has 0 saturated carbocycles. The zero-order valence-corrected chi connectivity index (χ0v) is 20.0. The van der Waals surface area contributed by atoms with Crippen molar-refractivity contribution in [1.82, 2.24) is 4.90 Å². The first kappa shape index (κ1) is 23.4. The smallest absolute Gasteiger partial charge is 0.120 e. The van der Waals surface area contributed by atoms with Crippen LogP contribution in [0.3, 0.4) is 0 Å². The number of nitrogens with zero attached hydrogens (tertiary/aromatic N) is 2. The van der Waals surface area contributed by atoms with Gasteiger partial charge in [-0.1, -0.05) is 35.9 Å². The summed E-state index contributed by atoms with van der Waals surface area (Å²) in [5.41, 5.74) is 1.67. The Hall–Kier alpha value is -1.79. The fourth-order valence-corrected chi connectivity index (χ4v) is 5.13. The number of halogens is 1. The van der Waals surface area contributed by atoms with Crippen molar-refractivity contribution in [2.24, 2.45) is 0 Å². The molecule has 0 spiro atoms. The monoisotopic (exact) mass is 458 g/mol. The van der Waals surface area contributed by atoms with E-state index in [4.69, 9.17) is 21.1 Å². The van der Waals surface area contributed by atoms with E-state index in [9.17, 15) is 5.11 Å². The van der Waals surface area contributed by atoms with Crippen molar-refractivity contribution < 1.29 is 14.6 Å². The second-order valence-corrected chi connectivity index (χ2v) is 9.84. The second kappa shape index (κ2) is 10.0. The molecule has 2 aromatic carbocycles. The van der Waals surface area contributed by atoms with Gasteiger partial charge in [-0.25, -0.2) is 0 Å². The minimum atomic E-state index is -0.621. The first-order valence-corrected chi connectivity index (χ1v) is 12.0. The highest BCUT2D eigenvalue weighted by molar-refractivity contribution is 6.30. The molecule has 4 rings (SSSR count). The number of anilines is 1. The molecule has 2 aromatic rings. The Morgan fingerprint density at radius 1 is 0.969 bits per heavy atom. The summed E-state index contributed by atoms with van der Waals surface area (Å²) in [4.78, 5) is 4.79. The van der Waals surface area contributed by atoms with Crippen LogP contribution in [0, 0.1) is 6.92 Å². The second-order valence-electron chi connectivity index (χ2n) is 9.41. The molecule has 2 aliphatic rings. The van der Waals surface area contributed by atoms with E-state index in [1.54, 1.807) is 7.11 Å². The zero-order chi connectivity index (χ0) is 22.6. The maximum atomic E-state index is 11.3. The Labute approximate surface area is 196 Å². The molecule has 2 fully saturated rings. The van der Waals surface area contributed by atoms with Crippen LogP contribution >= 0.6 is 11.6 Å². The van der Waals surface area contributed by atoms with Crippen molar-refractivity contribution in [1.29, 1.82) is 0 Å². The van der Waals surface area contributed by atoms with Crippen molar-refractivity contribution in [3.8, 4) is 5.75 Å². The van der Waals surface area contributed by atoms with Gasteiger partial charge in [-0.15, -0.1) is 0 Å². The van der Waals surface area contributed by atoms with Gasteiger partial charge in [0.25, 0.3) is 0 Å². The average molecular weight is 459 g/mol. The number of aryl methyl sites for hydroxylation is 1. The molecule has 0 aliphatic carbocycles. The van der Waals surface area contributed by atoms with E-state index in [0.717, 1.165) is 64.2 Å². The third kappa shape index (κ3) is 5.57. The lowest BCUT2D eigenvalue weighted by Gasteiger charge is -2.45. The number of benzene rings is 2. The standard InChI is InChI=1S/C26H35ClN2O3/c1-21-6-3-4-9-24(21)29-16-10-25(30,11-17-29)19-28-14-12-26(31-2,13-15-28)20-32-23-8-5-7-22(27)18-23/h3-9,18,30H,10-17,19-20H2,1-2H3. The molecule has 6 heteroatoms. The first-order chi connectivity index (χ1) is 15.4. The van der Waals surface area contributed by atoms with E-state index in [2.05, 4.69) is 41.0 Å². The molecule has 2 saturated heterocycles. The molecule has 5 nitrogen and oxygen atoms in total. The molecule has 174 valence electrons. The van der Waals surface area contributed by atoms with Gasteiger partial charge in [-0.3, -0.25) is 0 Å². The number of piperidine rings is 2. The normalized spacial score (nSPS) is 20.8. The largest absolute Gasteiger partial charge is 0.491 e. The van der Waals surface area contributed by atoms with E-state index in [1.165, 1.54) is 11.3 Å². The van der Waals surface area contributed by atoms with Crippen LogP contribution in [0.15, 0.2) is 48.5 Å². The number of ether oxygens (including phenoxy) is 2. The molecule has 0 radical (unpaired) electrons. The van der Waals surface area contributed by atoms with Crippen molar-refractivity contribution in [2.75, 3.05) is 51.3 Å². The lowest BCUT2D eigenvalue weighted by atomic mass is 9.87. The topological polar surface area (TPSA) is 45.2 Å². The number of aliphatic hydroxyl groups is 1. The number of hydrogen-bond acceptors (Lipinski definition) is 5. The quantitative estimate of drug-likeness (QED) is 0.660. The van der Waals surface area contributed by atoms with Gasteiger partial charge in [0.15, 0.2) is 0 Å². The maximum Gasteiger partial charge on any atom is 0.120 e. The van der Waals surface area contributed by atoms with Gasteiger partial charge in [0, 0.05) is 50.5 Å². The van der Waals surface area contributed by atoms with Crippen molar-refractivity contribution in [3.05, 3.63) is 59.1 Å². The van der Waals surface area contributed by atoms with E-state index in [0.29, 0.717) is 11.6 Å². The molecule has 1 N–H and O–H groups in total. The Morgan fingerprint density at radius 2 is 1.69 bits per heavy atom. The van der Waals surface area contributed by atoms with Gasteiger partial charge >= 0.3 is 0 Å². The summed E-state index contributed by atoms with van der Waals surface area (Å²) in [6.07, 6.45) is 3.36. The number of hydrogen-bond donors (Lipinski definition) is 1. The number of likely N-dealkylation sites (tertiary alicyclic amines) is 1. The van der Waals surface area contributed by atoms with Gasteiger partial charge in [0.1, 0.15) is 18.0 Å². The van der Waals surface area contributed by atoms with E-state index < -0.39 is 5.60 Å². The Kier molecular flexibility index (Phi) is 7.30. The Balaban J connectivity index is 1.27. The van der Waals surface area contributed by atoms with Crippen LogP contribution in [-0.4, -0.2) is 67.6 Å². The van der Waals surface area contributed by atoms with Gasteiger partial charge in [-0.2, -0.15) is 0 Å². The van der Waals surface area contributed by atoms with Gasteiger partial charge in [-0.05, 0) is 62.4 Å². The third-order valence-electron chi connectivity index (χ3n) is 7.17. The maximum absolute atomic E-state index is 11.3. The highest BCUT2D eigenvalue weighted by Gasteiger charge is 2.39. The first-order valence-electron chi connectivity index (χ1n) is 11.6. The zero-order valence-electron chi connectivity index (χ0n) is 19.2. The van der Waals surface area contributed by atoms with Crippen molar-refractivity contribution >= 4 is 17.3 Å². The highest BCUT2D eigenvalue weighted by atomic mass is 35.5. The Bertz CT molecular complexity index is 890. The minimum absolute atomic E-state index is 0.296. The summed E-state index contributed by atoms with van der Waals surface area (Å²) in [5.74, 6) is 0.770. The third-order valence-corrected chi connectivity index (χ3v) is 7.40. The molecular formula is C26H35ClN2O3. The van der Waals surface area contributed by atoms with Gasteiger partial charge in [0.2, 0.25) is 0 Å². The Morgan fingerprint density at radius 3 is 2.34 bits per heavy atom. The number of rotatable bonds is 7. The molecule has 0 atom stereocenters. The van der Waals surface area contributed by atoms with Crippen LogP contribution < -0.4 is 9.64 Å². The number of β-amino-alcohol motifs (C(OH)–C–C–N with tert-alkyl or cyclic N) is 1. The SMILES string of the molecule is COC1(COc2cccc(Cl)c2)CCN(CC2(O)CCN(c3ccccc3C)CC2)CC1. The van der Waals surface area contributed by atoms with Crippen LogP contribution in [0.5, 0.6) is 5.75 Å². The number of para-hydroxylation sites is 1. The average Bonchev–Trinajstić information content (AvgIpc) is 2.80. The minimum Gasteiger partial charge on any atom is -0.491 e. The molecule has 0 bridgehead atoms. The molecule has 2 heterocycles. The van der Waals surface area contributed by atoms with E-state index in [1.807, 2.05) is 24.3 Å². The van der Waals surface area contributed by atoms with Crippen LogP contribution in [-0.2, 0) is 4.74 Å². The highest BCUT2D eigenvalue weighted by Crippen LogP contribution is 2.32. The van der Waals surface area contributed by atoms with Gasteiger partial charge in [0.05, 0.1) is 5.60 Å². The molecule has 0 aromatic heterocycles. The van der Waals surface area contributed by atoms with Crippen LogP contribution in [0.1, 0.15) is 31.2 Å².